The number of carbonyl (C=O) groups is 2. The second kappa shape index (κ2) is 9.47. The van der Waals surface area contributed by atoms with E-state index >= 15 is 0 Å². The van der Waals surface area contributed by atoms with Crippen molar-refractivity contribution < 1.29 is 9.59 Å². The van der Waals surface area contributed by atoms with Crippen LogP contribution in [0.5, 0.6) is 0 Å². The molecule has 0 spiro atoms. The van der Waals surface area contributed by atoms with Crippen molar-refractivity contribution in [3.8, 4) is 12.3 Å². The highest BCUT2D eigenvalue weighted by Gasteiger charge is 2.38. The molecule has 2 aliphatic rings. The standard InChI is InChI=1S/C23H29ClN2O2/c1-2-16-26(20-6-4-3-5-7-20)22(28)13-15-23(14-12-21(27)25-23)17-18-8-10-19(24)11-9-18/h1,8-11,20H,3-7,12-17H2,(H,25,27)/t23-/m1/s1. The van der Waals surface area contributed by atoms with Gasteiger partial charge in [0.05, 0.1) is 6.54 Å². The lowest BCUT2D eigenvalue weighted by Gasteiger charge is -2.35. The van der Waals surface area contributed by atoms with Crippen LogP contribution in [0.4, 0.5) is 0 Å². The first-order valence-electron chi connectivity index (χ1n) is 10.3. The Bertz CT molecular complexity index is 734. The summed E-state index contributed by atoms with van der Waals surface area (Å²) in [6.07, 6.45) is 14.2. The van der Waals surface area contributed by atoms with Gasteiger partial charge in [0.2, 0.25) is 11.8 Å². The van der Waals surface area contributed by atoms with Crippen molar-refractivity contribution in [3.63, 3.8) is 0 Å². The summed E-state index contributed by atoms with van der Waals surface area (Å²) >= 11 is 5.99. The molecule has 0 radical (unpaired) electrons. The van der Waals surface area contributed by atoms with Crippen molar-refractivity contribution in [1.82, 2.24) is 10.2 Å². The summed E-state index contributed by atoms with van der Waals surface area (Å²) in [5, 5.41) is 3.85. The minimum absolute atomic E-state index is 0.0641. The first kappa shape index (κ1) is 20.7. The largest absolute Gasteiger partial charge is 0.350 e. The molecule has 1 heterocycles. The quantitative estimate of drug-likeness (QED) is 0.700. The maximum Gasteiger partial charge on any atom is 0.223 e. The van der Waals surface area contributed by atoms with E-state index < -0.39 is 0 Å². The second-order valence-electron chi connectivity index (χ2n) is 8.15. The van der Waals surface area contributed by atoms with Gasteiger partial charge >= 0.3 is 0 Å². The maximum absolute atomic E-state index is 13.0. The Balaban J connectivity index is 1.66. The summed E-state index contributed by atoms with van der Waals surface area (Å²) in [4.78, 5) is 26.9. The van der Waals surface area contributed by atoms with Crippen LogP contribution in [0.15, 0.2) is 24.3 Å². The highest BCUT2D eigenvalue weighted by Crippen LogP contribution is 2.31. The van der Waals surface area contributed by atoms with E-state index in [1.165, 1.54) is 6.42 Å². The van der Waals surface area contributed by atoms with Gasteiger partial charge in [-0.15, -0.1) is 6.42 Å². The van der Waals surface area contributed by atoms with Gasteiger partial charge in [-0.25, -0.2) is 0 Å². The van der Waals surface area contributed by atoms with Crippen molar-refractivity contribution >= 4 is 23.4 Å². The number of nitrogens with one attached hydrogen (secondary N) is 1. The molecule has 1 aliphatic carbocycles. The van der Waals surface area contributed by atoms with Gasteiger partial charge in [-0.05, 0) is 49.8 Å². The van der Waals surface area contributed by atoms with E-state index in [-0.39, 0.29) is 23.4 Å². The van der Waals surface area contributed by atoms with Crippen molar-refractivity contribution in [2.45, 2.75) is 75.8 Å². The Kier molecular flexibility index (Phi) is 7.02. The Morgan fingerprint density at radius 3 is 2.57 bits per heavy atom. The molecule has 0 aromatic heterocycles. The third kappa shape index (κ3) is 5.29. The number of hydrogen-bond donors (Lipinski definition) is 1. The predicted octanol–water partition coefficient (Wildman–Crippen LogP) is 4.11. The lowest BCUT2D eigenvalue weighted by molar-refractivity contribution is -0.134. The molecule has 1 aliphatic heterocycles. The van der Waals surface area contributed by atoms with Gasteiger partial charge in [0, 0.05) is 29.4 Å². The van der Waals surface area contributed by atoms with Gasteiger partial charge in [0.15, 0.2) is 0 Å². The van der Waals surface area contributed by atoms with E-state index in [9.17, 15) is 9.59 Å². The highest BCUT2D eigenvalue weighted by molar-refractivity contribution is 6.30. The van der Waals surface area contributed by atoms with Gasteiger partial charge in [-0.2, -0.15) is 0 Å². The number of terminal acetylenes is 1. The fourth-order valence-electron chi connectivity index (χ4n) is 4.58. The summed E-state index contributed by atoms with van der Waals surface area (Å²) in [6, 6.07) is 7.98. The van der Waals surface area contributed by atoms with Crippen LogP contribution in [0.1, 0.15) is 63.4 Å². The van der Waals surface area contributed by atoms with E-state index in [0.29, 0.717) is 37.3 Å². The average molecular weight is 401 g/mol. The van der Waals surface area contributed by atoms with Crippen LogP contribution in [0.3, 0.4) is 0 Å². The SMILES string of the molecule is C#CCN(C(=O)CC[C@@]1(Cc2ccc(Cl)cc2)CCC(=O)N1)C1CCCCC1. The van der Waals surface area contributed by atoms with Gasteiger partial charge < -0.3 is 10.2 Å². The number of hydrogen-bond acceptors (Lipinski definition) is 2. The van der Waals surface area contributed by atoms with Gasteiger partial charge in [-0.1, -0.05) is 48.9 Å². The molecule has 0 bridgehead atoms. The van der Waals surface area contributed by atoms with Crippen LogP contribution in [-0.2, 0) is 16.0 Å². The van der Waals surface area contributed by atoms with Crippen LogP contribution in [-0.4, -0.2) is 34.8 Å². The lowest BCUT2D eigenvalue weighted by atomic mass is 9.84. The molecule has 0 unspecified atom stereocenters. The van der Waals surface area contributed by atoms with Crippen molar-refractivity contribution in [1.29, 1.82) is 0 Å². The Morgan fingerprint density at radius 2 is 1.96 bits per heavy atom. The fourth-order valence-corrected chi connectivity index (χ4v) is 4.70. The average Bonchev–Trinajstić information content (AvgIpc) is 3.07. The molecule has 4 nitrogen and oxygen atoms in total. The zero-order valence-electron chi connectivity index (χ0n) is 16.4. The number of amides is 2. The third-order valence-electron chi connectivity index (χ3n) is 6.11. The molecular weight excluding hydrogens is 372 g/mol. The molecule has 2 fully saturated rings. The van der Waals surface area contributed by atoms with Crippen molar-refractivity contribution in [2.24, 2.45) is 0 Å². The van der Waals surface area contributed by atoms with Gasteiger partial charge in [0.25, 0.3) is 0 Å². The smallest absolute Gasteiger partial charge is 0.223 e. The number of nitrogens with zero attached hydrogens (tertiary/aromatic N) is 1. The first-order valence-corrected chi connectivity index (χ1v) is 10.7. The van der Waals surface area contributed by atoms with Crippen LogP contribution in [0, 0.1) is 12.3 Å². The van der Waals surface area contributed by atoms with Crippen LogP contribution in [0.2, 0.25) is 5.02 Å². The van der Waals surface area contributed by atoms with Crippen LogP contribution < -0.4 is 5.32 Å². The summed E-state index contributed by atoms with van der Waals surface area (Å²) < 4.78 is 0. The van der Waals surface area contributed by atoms with E-state index in [1.807, 2.05) is 29.2 Å². The summed E-state index contributed by atoms with van der Waals surface area (Å²) in [6.45, 7) is 0.375. The monoisotopic (exact) mass is 400 g/mol. The third-order valence-corrected chi connectivity index (χ3v) is 6.36. The minimum atomic E-state index is -0.366. The Morgan fingerprint density at radius 1 is 1.25 bits per heavy atom. The topological polar surface area (TPSA) is 49.4 Å². The molecule has 1 N–H and O–H groups in total. The molecule has 1 saturated carbocycles. The van der Waals surface area contributed by atoms with Gasteiger partial charge in [0.1, 0.15) is 0 Å². The molecule has 1 atom stereocenters. The Labute approximate surface area is 173 Å². The fraction of sp³-hybridized carbons (Fsp3) is 0.565. The first-order chi connectivity index (χ1) is 13.5. The van der Waals surface area contributed by atoms with E-state index in [0.717, 1.165) is 37.7 Å². The zero-order valence-corrected chi connectivity index (χ0v) is 17.1. The molecule has 1 aromatic carbocycles. The normalized spacial score (nSPS) is 22.5. The van der Waals surface area contributed by atoms with E-state index in [4.69, 9.17) is 18.0 Å². The minimum Gasteiger partial charge on any atom is -0.350 e. The second-order valence-corrected chi connectivity index (χ2v) is 8.59. The van der Waals surface area contributed by atoms with E-state index in [1.54, 1.807) is 0 Å². The molecule has 150 valence electrons. The van der Waals surface area contributed by atoms with E-state index in [2.05, 4.69) is 11.2 Å². The molecule has 5 heteroatoms. The zero-order chi connectivity index (χ0) is 20.0. The molecule has 28 heavy (non-hydrogen) atoms. The Hall–Kier alpha value is -1.99. The summed E-state index contributed by atoms with van der Waals surface area (Å²) in [7, 11) is 0. The number of rotatable bonds is 7. The molecule has 2 amide bonds. The highest BCUT2D eigenvalue weighted by atomic mass is 35.5. The van der Waals surface area contributed by atoms with Crippen molar-refractivity contribution in [3.05, 3.63) is 34.9 Å². The number of carbonyl (C=O) groups excluding carboxylic acids is 2. The van der Waals surface area contributed by atoms with Gasteiger partial charge in [-0.3, -0.25) is 9.59 Å². The predicted molar refractivity (Wildman–Crippen MR) is 112 cm³/mol. The van der Waals surface area contributed by atoms with Crippen LogP contribution >= 0.6 is 11.6 Å². The lowest BCUT2D eigenvalue weighted by Crippen LogP contribution is -2.46. The van der Waals surface area contributed by atoms with Crippen molar-refractivity contribution in [2.75, 3.05) is 6.54 Å². The molecule has 1 aromatic rings. The summed E-state index contributed by atoms with van der Waals surface area (Å²) in [5.41, 5.74) is 0.751. The molecule has 3 rings (SSSR count). The molecule has 1 saturated heterocycles. The number of benzene rings is 1. The van der Waals surface area contributed by atoms with Crippen LogP contribution in [0.25, 0.3) is 0 Å². The maximum atomic E-state index is 13.0. The summed E-state index contributed by atoms with van der Waals surface area (Å²) in [5.74, 6) is 2.84. The molecular formula is C23H29ClN2O2. The number of halogens is 1.